The molecule has 5 heteroatoms. The molecule has 72 valence electrons. The molecule has 0 aliphatic carbocycles. The average molecular weight is 183 g/mol. The maximum atomic E-state index is 11.6. The molecule has 0 radical (unpaired) electrons. The van der Waals surface area contributed by atoms with Gasteiger partial charge in [0.05, 0.1) is 13.0 Å². The van der Waals surface area contributed by atoms with Crippen LogP contribution >= 0.6 is 0 Å². The number of carbonyl (C=O) groups excluding carboxylic acids is 1. The van der Waals surface area contributed by atoms with E-state index in [9.17, 15) is 18.0 Å². The van der Waals surface area contributed by atoms with Gasteiger partial charge in [0, 0.05) is 6.42 Å². The Labute approximate surface area is 69.1 Å². The third kappa shape index (κ3) is 7.53. The second-order valence-corrected chi connectivity index (χ2v) is 2.43. The third-order valence-corrected chi connectivity index (χ3v) is 1.26. The summed E-state index contributed by atoms with van der Waals surface area (Å²) in [5.74, 6) is -0.394. The molecule has 0 fully saturated rings. The van der Waals surface area contributed by atoms with Crippen LogP contribution in [0.5, 0.6) is 0 Å². The van der Waals surface area contributed by atoms with E-state index < -0.39 is 24.8 Å². The number of hydrogen-bond acceptors (Lipinski definition) is 2. The topological polar surface area (TPSA) is 29.1 Å². The van der Waals surface area contributed by atoms with Gasteiger partial charge in [-0.05, 0) is 6.54 Å². The van der Waals surface area contributed by atoms with E-state index in [1.54, 1.807) is 6.92 Å². The van der Waals surface area contributed by atoms with E-state index in [1.165, 1.54) is 0 Å². The van der Waals surface area contributed by atoms with E-state index in [0.717, 1.165) is 0 Å². The van der Waals surface area contributed by atoms with Gasteiger partial charge < -0.3 is 5.32 Å². The van der Waals surface area contributed by atoms with Crippen LogP contribution in [-0.2, 0) is 4.79 Å². The van der Waals surface area contributed by atoms with Crippen LogP contribution in [0.3, 0.4) is 0 Å². The van der Waals surface area contributed by atoms with Crippen LogP contribution in [0, 0.1) is 0 Å². The molecule has 0 aliphatic heterocycles. The monoisotopic (exact) mass is 183 g/mol. The molecule has 12 heavy (non-hydrogen) atoms. The molecule has 0 heterocycles. The van der Waals surface area contributed by atoms with Gasteiger partial charge in [-0.1, -0.05) is 6.92 Å². The summed E-state index contributed by atoms with van der Waals surface area (Å²) in [6, 6.07) is 0. The van der Waals surface area contributed by atoms with Crippen molar-refractivity contribution in [2.45, 2.75) is 25.9 Å². The van der Waals surface area contributed by atoms with Gasteiger partial charge in [0.15, 0.2) is 0 Å². The van der Waals surface area contributed by atoms with Crippen LogP contribution in [0.1, 0.15) is 19.8 Å². The summed E-state index contributed by atoms with van der Waals surface area (Å²) in [4.78, 5) is 10.7. The highest BCUT2D eigenvalue weighted by atomic mass is 19.4. The Morgan fingerprint density at radius 3 is 2.42 bits per heavy atom. The minimum Gasteiger partial charge on any atom is -0.310 e. The molecule has 2 nitrogen and oxygen atoms in total. The maximum absolute atomic E-state index is 11.6. The van der Waals surface area contributed by atoms with Crippen molar-refractivity contribution in [2.75, 3.05) is 13.1 Å². The van der Waals surface area contributed by atoms with E-state index in [1.807, 2.05) is 0 Å². The first-order valence-electron chi connectivity index (χ1n) is 3.75. The molecule has 0 bridgehead atoms. The maximum Gasteiger partial charge on any atom is 0.389 e. The number of halogens is 3. The summed E-state index contributed by atoms with van der Waals surface area (Å²) in [6.07, 6.45) is -5.66. The van der Waals surface area contributed by atoms with Crippen molar-refractivity contribution in [3.63, 3.8) is 0 Å². The molecular weight excluding hydrogens is 171 g/mol. The van der Waals surface area contributed by atoms with Gasteiger partial charge in [0.2, 0.25) is 0 Å². The predicted molar refractivity (Wildman–Crippen MR) is 38.8 cm³/mol. The van der Waals surface area contributed by atoms with Gasteiger partial charge in [-0.2, -0.15) is 13.2 Å². The highest BCUT2D eigenvalue weighted by Crippen LogP contribution is 2.21. The fourth-order valence-corrected chi connectivity index (χ4v) is 0.634. The lowest BCUT2D eigenvalue weighted by Gasteiger charge is -2.04. The lowest BCUT2D eigenvalue weighted by Crippen LogP contribution is -2.23. The Morgan fingerprint density at radius 1 is 1.42 bits per heavy atom. The number of hydrogen-bond donors (Lipinski definition) is 1. The zero-order valence-electron chi connectivity index (χ0n) is 6.87. The van der Waals surface area contributed by atoms with Gasteiger partial charge in [-0.15, -0.1) is 0 Å². The Balaban J connectivity index is 3.44. The van der Waals surface area contributed by atoms with Crippen molar-refractivity contribution in [3.8, 4) is 0 Å². The number of Topliss-reactive ketones (excluding diaryl/α,β-unsaturated/α-hetero) is 1. The van der Waals surface area contributed by atoms with Crippen molar-refractivity contribution in [2.24, 2.45) is 0 Å². The van der Waals surface area contributed by atoms with E-state index in [4.69, 9.17) is 0 Å². The van der Waals surface area contributed by atoms with Crippen molar-refractivity contribution in [1.82, 2.24) is 5.32 Å². The smallest absolute Gasteiger partial charge is 0.310 e. The molecule has 0 aromatic heterocycles. The molecule has 1 N–H and O–H groups in total. The lowest BCUT2D eigenvalue weighted by atomic mass is 10.2. The highest BCUT2D eigenvalue weighted by molar-refractivity contribution is 5.80. The van der Waals surface area contributed by atoms with Crippen LogP contribution in [0.25, 0.3) is 0 Å². The number of alkyl halides is 3. The molecule has 0 aliphatic rings. The first kappa shape index (κ1) is 11.4. The summed E-state index contributed by atoms with van der Waals surface area (Å²) >= 11 is 0. The van der Waals surface area contributed by atoms with Crippen molar-refractivity contribution in [3.05, 3.63) is 0 Å². The van der Waals surface area contributed by atoms with E-state index >= 15 is 0 Å². The lowest BCUT2D eigenvalue weighted by molar-refractivity contribution is -0.142. The van der Waals surface area contributed by atoms with E-state index in [-0.39, 0.29) is 6.54 Å². The molecule has 0 saturated carbocycles. The van der Waals surface area contributed by atoms with Crippen LogP contribution in [0.4, 0.5) is 13.2 Å². The fraction of sp³-hybridized carbons (Fsp3) is 0.857. The number of carbonyl (C=O) groups is 1. The minimum atomic E-state index is -4.22. The van der Waals surface area contributed by atoms with E-state index in [0.29, 0.717) is 6.54 Å². The van der Waals surface area contributed by atoms with Crippen LogP contribution in [0.15, 0.2) is 0 Å². The van der Waals surface area contributed by atoms with Crippen LogP contribution in [-0.4, -0.2) is 25.0 Å². The summed E-state index contributed by atoms with van der Waals surface area (Å²) in [6.45, 7) is 2.42. The summed E-state index contributed by atoms with van der Waals surface area (Å²) in [5.41, 5.74) is 0. The zero-order valence-corrected chi connectivity index (χ0v) is 6.87. The molecule has 0 aromatic rings. The standard InChI is InChI=1S/C7H12F3NO/c1-2-11-5-6(12)3-4-7(8,9)10/h11H,2-5H2,1H3. The largest absolute Gasteiger partial charge is 0.389 e. The number of likely N-dealkylation sites (N-methyl/N-ethyl adjacent to an activating group) is 1. The van der Waals surface area contributed by atoms with Gasteiger partial charge in [0.1, 0.15) is 5.78 Å². The van der Waals surface area contributed by atoms with Crippen molar-refractivity contribution in [1.29, 1.82) is 0 Å². The molecular formula is C7H12F3NO. The molecule has 0 aromatic carbocycles. The zero-order chi connectivity index (χ0) is 9.61. The predicted octanol–water partition coefficient (Wildman–Crippen LogP) is 1.51. The van der Waals surface area contributed by atoms with Gasteiger partial charge in [0.25, 0.3) is 0 Å². The summed E-state index contributed by atoms with van der Waals surface area (Å²) in [5, 5.41) is 2.67. The average Bonchev–Trinajstić information content (AvgIpc) is 1.95. The molecule has 0 rings (SSSR count). The summed E-state index contributed by atoms with van der Waals surface area (Å²) in [7, 11) is 0. The van der Waals surface area contributed by atoms with Gasteiger partial charge in [-0.25, -0.2) is 0 Å². The fourth-order valence-electron chi connectivity index (χ4n) is 0.634. The first-order valence-corrected chi connectivity index (χ1v) is 3.75. The Morgan fingerprint density at radius 2 is 2.00 bits per heavy atom. The van der Waals surface area contributed by atoms with Crippen molar-refractivity contribution < 1.29 is 18.0 Å². The SMILES string of the molecule is CCNCC(=O)CCC(F)(F)F. The second-order valence-electron chi connectivity index (χ2n) is 2.43. The molecule has 0 atom stereocenters. The quantitative estimate of drug-likeness (QED) is 0.699. The Hall–Kier alpha value is -0.580. The van der Waals surface area contributed by atoms with Crippen LogP contribution in [0.2, 0.25) is 0 Å². The second kappa shape index (κ2) is 5.13. The summed E-state index contributed by atoms with van der Waals surface area (Å²) < 4.78 is 34.7. The van der Waals surface area contributed by atoms with Crippen molar-refractivity contribution >= 4 is 5.78 Å². The molecule has 0 amide bonds. The third-order valence-electron chi connectivity index (χ3n) is 1.26. The molecule has 0 saturated heterocycles. The molecule has 0 unspecified atom stereocenters. The number of ketones is 1. The first-order chi connectivity index (χ1) is 5.45. The number of nitrogens with one attached hydrogen (secondary N) is 1. The normalized spacial score (nSPS) is 11.7. The van der Waals surface area contributed by atoms with Crippen LogP contribution < -0.4 is 5.32 Å². The van der Waals surface area contributed by atoms with E-state index in [2.05, 4.69) is 5.32 Å². The van der Waals surface area contributed by atoms with Gasteiger partial charge >= 0.3 is 6.18 Å². The molecule has 0 spiro atoms. The van der Waals surface area contributed by atoms with Gasteiger partial charge in [-0.3, -0.25) is 4.79 Å². The minimum absolute atomic E-state index is 0.0343. The Kier molecular flexibility index (Phi) is 4.89. The highest BCUT2D eigenvalue weighted by Gasteiger charge is 2.27. The Bertz CT molecular complexity index is 144. The number of rotatable bonds is 5.